The number of ether oxygens (including phenoxy) is 2. The molecule has 1 rings (SSSR count). The summed E-state index contributed by atoms with van der Waals surface area (Å²) >= 11 is 0. The lowest BCUT2D eigenvalue weighted by Gasteiger charge is -2.35. The minimum absolute atomic E-state index is 0.182. The van der Waals surface area contributed by atoms with Crippen molar-refractivity contribution in [2.24, 2.45) is 5.41 Å². The Morgan fingerprint density at radius 2 is 1.81 bits per heavy atom. The van der Waals surface area contributed by atoms with Crippen LogP contribution in [0.3, 0.4) is 0 Å². The molecule has 1 atom stereocenters. The number of aliphatic hydroxyl groups excluding tert-OH is 2. The fourth-order valence-corrected chi connectivity index (χ4v) is 4.29. The summed E-state index contributed by atoms with van der Waals surface area (Å²) < 4.78 is 12.5. The highest BCUT2D eigenvalue weighted by Crippen LogP contribution is 2.41. The maximum absolute atomic E-state index is 10.4. The molecule has 2 N–H and O–H groups in total. The number of hydrogen-bond acceptors (Lipinski definition) is 5. The third-order valence-electron chi connectivity index (χ3n) is 7.31. The molecule has 0 spiro atoms. The number of aliphatic hydroxyl groups is 2. The molecule has 0 aromatic heterocycles. The third-order valence-corrected chi connectivity index (χ3v) is 7.31. The summed E-state index contributed by atoms with van der Waals surface area (Å²) in [4.78, 5) is 2.13. The minimum Gasteiger partial charge on any atom is -0.493 e. The van der Waals surface area contributed by atoms with Crippen LogP contribution in [0.25, 0.3) is 0 Å². The molecule has 0 aliphatic heterocycles. The number of aryl methyl sites for hydroxylation is 1. The molecule has 0 saturated heterocycles. The monoisotopic (exact) mass is 515 g/mol. The summed E-state index contributed by atoms with van der Waals surface area (Å²) in [5.41, 5.74) is 3.07. The summed E-state index contributed by atoms with van der Waals surface area (Å²) in [7, 11) is 2.03. The van der Waals surface area contributed by atoms with Crippen LogP contribution in [0.5, 0.6) is 5.75 Å². The molecule has 1 unspecified atom stereocenters. The largest absolute Gasteiger partial charge is 0.493 e. The van der Waals surface area contributed by atoms with Crippen molar-refractivity contribution >= 4 is 0 Å². The standard InChI is InChI=1S/C32H53NO4/c1-10-13-14-30(36-22-18-25(4)17-19-33(9)20-21-34)32(11-2,12-3)27-15-16-28(26(5)23-27)37-24-29(35)31(6,7)8/h10,14-16,18,23,29,34-35H,1,11-13,17,19-22,24H2,2-9H3/b25-18+,30-14-. The molecule has 5 heteroatoms. The van der Waals surface area contributed by atoms with E-state index in [0.717, 1.165) is 49.3 Å². The van der Waals surface area contributed by atoms with Gasteiger partial charge in [0.1, 0.15) is 24.7 Å². The number of hydrogen-bond donors (Lipinski definition) is 2. The fourth-order valence-electron chi connectivity index (χ4n) is 4.29. The van der Waals surface area contributed by atoms with Crippen molar-refractivity contribution < 1.29 is 19.7 Å². The summed E-state index contributed by atoms with van der Waals surface area (Å²) in [6, 6.07) is 6.37. The van der Waals surface area contributed by atoms with Gasteiger partial charge in [-0.1, -0.05) is 58.4 Å². The highest BCUT2D eigenvalue weighted by Gasteiger charge is 2.35. The van der Waals surface area contributed by atoms with Gasteiger partial charge in [0.2, 0.25) is 0 Å². The molecular formula is C32H53NO4. The molecule has 0 amide bonds. The van der Waals surface area contributed by atoms with Gasteiger partial charge in [0, 0.05) is 13.1 Å². The van der Waals surface area contributed by atoms with Gasteiger partial charge in [0.15, 0.2) is 0 Å². The van der Waals surface area contributed by atoms with E-state index in [1.807, 2.05) is 40.0 Å². The molecular weight excluding hydrogens is 462 g/mol. The van der Waals surface area contributed by atoms with Gasteiger partial charge in [-0.05, 0) is 81.3 Å². The maximum atomic E-state index is 10.4. The first-order chi connectivity index (χ1) is 17.4. The van der Waals surface area contributed by atoms with Crippen LogP contribution in [-0.4, -0.2) is 61.2 Å². The summed E-state index contributed by atoms with van der Waals surface area (Å²) in [5.74, 6) is 1.78. The molecule has 210 valence electrons. The van der Waals surface area contributed by atoms with Crippen LogP contribution in [0.1, 0.15) is 78.4 Å². The van der Waals surface area contributed by atoms with E-state index < -0.39 is 6.10 Å². The molecule has 37 heavy (non-hydrogen) atoms. The predicted octanol–water partition coefficient (Wildman–Crippen LogP) is 6.58. The second-order valence-corrected chi connectivity index (χ2v) is 11.2. The molecule has 5 nitrogen and oxygen atoms in total. The lowest BCUT2D eigenvalue weighted by molar-refractivity contribution is 0.0216. The van der Waals surface area contributed by atoms with Crippen molar-refractivity contribution in [3.63, 3.8) is 0 Å². The van der Waals surface area contributed by atoms with Gasteiger partial charge in [-0.3, -0.25) is 0 Å². The Bertz CT molecular complexity index is 877. The van der Waals surface area contributed by atoms with Gasteiger partial charge in [0.05, 0.1) is 18.1 Å². The normalized spacial score (nSPS) is 14.1. The van der Waals surface area contributed by atoms with E-state index in [-0.39, 0.29) is 24.0 Å². The molecule has 0 radical (unpaired) electrons. The zero-order valence-corrected chi connectivity index (χ0v) is 24.8. The zero-order valence-electron chi connectivity index (χ0n) is 24.8. The first-order valence-electron chi connectivity index (χ1n) is 13.8. The Kier molecular flexibility index (Phi) is 14.3. The van der Waals surface area contributed by atoms with E-state index in [1.165, 1.54) is 11.1 Å². The number of nitrogens with zero attached hydrogens (tertiary/aromatic N) is 1. The predicted molar refractivity (Wildman–Crippen MR) is 156 cm³/mol. The van der Waals surface area contributed by atoms with Gasteiger partial charge < -0.3 is 24.6 Å². The van der Waals surface area contributed by atoms with Gasteiger partial charge >= 0.3 is 0 Å². The smallest absolute Gasteiger partial charge is 0.122 e. The summed E-state index contributed by atoms with van der Waals surface area (Å²) in [6.45, 7) is 21.1. The first kappa shape index (κ1) is 32.9. The average molecular weight is 516 g/mol. The Morgan fingerprint density at radius 3 is 2.35 bits per heavy atom. The molecule has 0 aliphatic rings. The van der Waals surface area contributed by atoms with E-state index in [4.69, 9.17) is 14.6 Å². The van der Waals surface area contributed by atoms with Crippen LogP contribution in [-0.2, 0) is 10.2 Å². The average Bonchev–Trinajstić information content (AvgIpc) is 2.85. The zero-order chi connectivity index (χ0) is 28.1. The van der Waals surface area contributed by atoms with Crippen LogP contribution in [0.2, 0.25) is 0 Å². The van der Waals surface area contributed by atoms with Crippen LogP contribution >= 0.6 is 0 Å². The highest BCUT2D eigenvalue weighted by molar-refractivity contribution is 5.43. The minimum atomic E-state index is -0.537. The lowest BCUT2D eigenvalue weighted by Crippen LogP contribution is -2.32. The fraction of sp³-hybridized carbons (Fsp3) is 0.625. The quantitative estimate of drug-likeness (QED) is 0.181. The van der Waals surface area contributed by atoms with Crippen molar-refractivity contribution in [2.45, 2.75) is 85.7 Å². The van der Waals surface area contributed by atoms with E-state index >= 15 is 0 Å². The van der Waals surface area contributed by atoms with Crippen molar-refractivity contribution in [3.05, 3.63) is 65.5 Å². The van der Waals surface area contributed by atoms with Gasteiger partial charge in [-0.15, -0.1) is 6.58 Å². The van der Waals surface area contributed by atoms with Crippen LogP contribution in [0.4, 0.5) is 0 Å². The van der Waals surface area contributed by atoms with E-state index in [2.05, 4.69) is 63.5 Å². The van der Waals surface area contributed by atoms with Crippen LogP contribution in [0.15, 0.2) is 54.3 Å². The van der Waals surface area contributed by atoms with E-state index in [9.17, 15) is 5.11 Å². The maximum Gasteiger partial charge on any atom is 0.122 e. The van der Waals surface area contributed by atoms with E-state index in [0.29, 0.717) is 13.2 Å². The van der Waals surface area contributed by atoms with Gasteiger partial charge in [-0.25, -0.2) is 0 Å². The van der Waals surface area contributed by atoms with Crippen LogP contribution in [0, 0.1) is 12.3 Å². The molecule has 1 aromatic rings. The van der Waals surface area contributed by atoms with E-state index in [1.54, 1.807) is 0 Å². The second-order valence-electron chi connectivity index (χ2n) is 11.2. The summed E-state index contributed by atoms with van der Waals surface area (Å²) in [5, 5.41) is 19.5. The Balaban J connectivity index is 3.12. The molecule has 0 bridgehead atoms. The van der Waals surface area contributed by atoms with Crippen LogP contribution < -0.4 is 4.74 Å². The van der Waals surface area contributed by atoms with Gasteiger partial charge in [-0.2, -0.15) is 0 Å². The molecule has 0 heterocycles. The van der Waals surface area contributed by atoms with Crippen molar-refractivity contribution in [3.8, 4) is 5.75 Å². The number of rotatable bonds is 17. The highest BCUT2D eigenvalue weighted by atomic mass is 16.5. The molecule has 1 aromatic carbocycles. The Morgan fingerprint density at radius 1 is 1.14 bits per heavy atom. The first-order valence-corrected chi connectivity index (χ1v) is 13.8. The topological polar surface area (TPSA) is 62.2 Å². The molecule has 0 aliphatic carbocycles. The SMILES string of the molecule is C=CC/C=C(\OC/C=C(\C)CCN(C)CCO)C(CC)(CC)c1ccc(OCC(O)C(C)(C)C)c(C)c1. The van der Waals surface area contributed by atoms with Crippen molar-refractivity contribution in [1.29, 1.82) is 0 Å². The number of likely N-dealkylation sites (N-methyl/N-ethyl adjacent to an activating group) is 1. The molecule has 0 saturated carbocycles. The summed E-state index contributed by atoms with van der Waals surface area (Å²) in [6.07, 6.45) is 9.20. The van der Waals surface area contributed by atoms with Crippen molar-refractivity contribution in [2.75, 3.05) is 40.0 Å². The number of allylic oxidation sites excluding steroid dienone is 3. The third kappa shape index (κ3) is 10.3. The van der Waals surface area contributed by atoms with Gasteiger partial charge in [0.25, 0.3) is 0 Å². The lowest BCUT2D eigenvalue weighted by atomic mass is 9.73. The Hall–Kier alpha value is -2.08. The van der Waals surface area contributed by atoms with Crippen molar-refractivity contribution in [1.82, 2.24) is 4.90 Å². The second kappa shape index (κ2) is 16.0. The number of benzene rings is 1. The molecule has 0 fully saturated rings. The Labute approximate surface area is 226 Å².